The van der Waals surface area contributed by atoms with Crippen LogP contribution in [0.2, 0.25) is 0 Å². The van der Waals surface area contributed by atoms with Crippen LogP contribution in [0.15, 0.2) is 28.7 Å². The van der Waals surface area contributed by atoms with Crippen LogP contribution < -0.4 is 0 Å². The molecule has 1 N–H and O–H groups in total. The first-order valence-electron chi connectivity index (χ1n) is 7.03. The fourth-order valence-corrected chi connectivity index (χ4v) is 2.48. The van der Waals surface area contributed by atoms with Crippen molar-refractivity contribution < 1.29 is 13.9 Å². The van der Waals surface area contributed by atoms with Gasteiger partial charge in [0.05, 0.1) is 0 Å². The van der Waals surface area contributed by atoms with Gasteiger partial charge in [0, 0.05) is 5.39 Å². The zero-order valence-corrected chi connectivity index (χ0v) is 11.5. The van der Waals surface area contributed by atoms with Crippen LogP contribution in [0, 0.1) is 11.7 Å². The van der Waals surface area contributed by atoms with E-state index in [4.69, 9.17) is 4.42 Å². The smallest absolute Gasteiger partial charge is 0.170 e. The number of benzene rings is 1. The number of para-hydroxylation sites is 1. The van der Waals surface area contributed by atoms with Crippen molar-refractivity contribution in [3.8, 4) is 0 Å². The van der Waals surface area contributed by atoms with Crippen LogP contribution in [0.25, 0.3) is 11.0 Å². The van der Waals surface area contributed by atoms with E-state index >= 15 is 0 Å². The molecular weight excluding hydrogens is 243 g/mol. The Hall–Kier alpha value is -1.35. The van der Waals surface area contributed by atoms with Crippen LogP contribution >= 0.6 is 0 Å². The minimum Gasteiger partial charge on any atom is -0.455 e. The molecule has 2 rings (SSSR count). The van der Waals surface area contributed by atoms with E-state index in [1.54, 1.807) is 18.2 Å². The highest BCUT2D eigenvalue weighted by atomic mass is 19.1. The number of aliphatic hydroxyl groups is 1. The Morgan fingerprint density at radius 1 is 1.32 bits per heavy atom. The highest BCUT2D eigenvalue weighted by Crippen LogP contribution is 2.33. The molecule has 0 saturated heterocycles. The van der Waals surface area contributed by atoms with E-state index in [2.05, 4.69) is 13.8 Å². The Bertz CT molecular complexity index is 533. The molecule has 2 aromatic rings. The predicted molar refractivity (Wildman–Crippen MR) is 74.4 cm³/mol. The monoisotopic (exact) mass is 264 g/mol. The minimum atomic E-state index is -0.650. The van der Waals surface area contributed by atoms with Crippen molar-refractivity contribution in [3.05, 3.63) is 35.8 Å². The average molecular weight is 264 g/mol. The van der Waals surface area contributed by atoms with E-state index in [0.717, 1.165) is 25.7 Å². The maximum absolute atomic E-state index is 13.6. The van der Waals surface area contributed by atoms with Gasteiger partial charge in [-0.25, -0.2) is 4.39 Å². The lowest BCUT2D eigenvalue weighted by atomic mass is 9.92. The first kappa shape index (κ1) is 14.1. The Balaban J connectivity index is 2.24. The van der Waals surface area contributed by atoms with E-state index in [9.17, 15) is 9.50 Å². The van der Waals surface area contributed by atoms with Gasteiger partial charge in [-0.2, -0.15) is 0 Å². The molecule has 0 spiro atoms. The van der Waals surface area contributed by atoms with Crippen LogP contribution in [-0.4, -0.2) is 5.11 Å². The number of aliphatic hydroxyl groups excluding tert-OH is 1. The third-order valence-corrected chi connectivity index (χ3v) is 3.71. The number of hydrogen-bond acceptors (Lipinski definition) is 2. The lowest BCUT2D eigenvalue weighted by molar-refractivity contribution is 0.0791. The minimum absolute atomic E-state index is 0.170. The van der Waals surface area contributed by atoms with Gasteiger partial charge in [0.1, 0.15) is 11.9 Å². The largest absolute Gasteiger partial charge is 0.455 e. The van der Waals surface area contributed by atoms with E-state index < -0.39 is 6.10 Å². The summed E-state index contributed by atoms with van der Waals surface area (Å²) in [7, 11) is 0. The van der Waals surface area contributed by atoms with Gasteiger partial charge < -0.3 is 9.52 Å². The predicted octanol–water partition coefficient (Wildman–Crippen LogP) is 4.82. The van der Waals surface area contributed by atoms with Gasteiger partial charge >= 0.3 is 0 Å². The van der Waals surface area contributed by atoms with Gasteiger partial charge in [0.15, 0.2) is 11.4 Å². The Kier molecular flexibility index (Phi) is 4.59. The second-order valence-electron chi connectivity index (χ2n) is 5.06. The van der Waals surface area contributed by atoms with E-state index in [-0.39, 0.29) is 17.3 Å². The Morgan fingerprint density at radius 3 is 2.74 bits per heavy atom. The molecule has 0 aliphatic carbocycles. The third kappa shape index (κ3) is 2.98. The zero-order valence-electron chi connectivity index (χ0n) is 11.5. The van der Waals surface area contributed by atoms with Crippen molar-refractivity contribution in [2.45, 2.75) is 45.6 Å². The molecule has 0 amide bonds. The molecule has 2 unspecified atom stereocenters. The molecule has 0 saturated carbocycles. The lowest BCUT2D eigenvalue weighted by Gasteiger charge is -2.19. The summed E-state index contributed by atoms with van der Waals surface area (Å²) in [6.07, 6.45) is 3.40. The first-order valence-corrected chi connectivity index (χ1v) is 7.03. The SMILES string of the molecule is CCCCC(CC)C(O)c1cc2cccc(F)c2o1. The number of rotatable bonds is 6. The number of halogens is 1. The van der Waals surface area contributed by atoms with E-state index in [1.807, 2.05) is 0 Å². The molecule has 19 heavy (non-hydrogen) atoms. The maximum atomic E-state index is 13.6. The van der Waals surface area contributed by atoms with Gasteiger partial charge in [-0.1, -0.05) is 45.2 Å². The molecule has 104 valence electrons. The van der Waals surface area contributed by atoms with Gasteiger partial charge in [-0.05, 0) is 24.5 Å². The molecule has 1 heterocycles. The van der Waals surface area contributed by atoms with Gasteiger partial charge in [-0.3, -0.25) is 0 Å². The molecule has 1 aromatic heterocycles. The van der Waals surface area contributed by atoms with Crippen molar-refractivity contribution in [2.24, 2.45) is 5.92 Å². The molecule has 1 aromatic carbocycles. The van der Waals surface area contributed by atoms with Crippen LogP contribution in [0.3, 0.4) is 0 Å². The van der Waals surface area contributed by atoms with Gasteiger partial charge in [-0.15, -0.1) is 0 Å². The molecule has 2 atom stereocenters. The van der Waals surface area contributed by atoms with Gasteiger partial charge in [0.2, 0.25) is 0 Å². The number of furan rings is 1. The molecule has 0 bridgehead atoms. The molecule has 0 radical (unpaired) electrons. The fourth-order valence-electron chi connectivity index (χ4n) is 2.48. The Morgan fingerprint density at radius 2 is 2.11 bits per heavy atom. The summed E-state index contributed by atoms with van der Waals surface area (Å²) in [5.74, 6) is 0.268. The average Bonchev–Trinajstić information content (AvgIpc) is 2.85. The van der Waals surface area contributed by atoms with E-state index in [0.29, 0.717) is 11.1 Å². The molecule has 0 aliphatic heterocycles. The van der Waals surface area contributed by atoms with Crippen LogP contribution in [0.5, 0.6) is 0 Å². The van der Waals surface area contributed by atoms with Gasteiger partial charge in [0.25, 0.3) is 0 Å². The quantitative estimate of drug-likeness (QED) is 0.811. The second-order valence-corrected chi connectivity index (χ2v) is 5.06. The van der Waals surface area contributed by atoms with Crippen LogP contribution in [0.1, 0.15) is 51.4 Å². The summed E-state index contributed by atoms with van der Waals surface area (Å²) in [5, 5.41) is 11.1. The summed E-state index contributed by atoms with van der Waals surface area (Å²) >= 11 is 0. The zero-order chi connectivity index (χ0) is 13.8. The first-order chi connectivity index (χ1) is 9.17. The standard InChI is InChI=1S/C16H21FO2/c1-3-5-7-11(4-2)15(18)14-10-12-8-6-9-13(17)16(12)19-14/h6,8-11,15,18H,3-5,7H2,1-2H3. The van der Waals surface area contributed by atoms with E-state index in [1.165, 1.54) is 6.07 Å². The lowest BCUT2D eigenvalue weighted by Crippen LogP contribution is -2.11. The third-order valence-electron chi connectivity index (χ3n) is 3.71. The normalized spacial score (nSPS) is 14.7. The molecule has 0 aliphatic rings. The summed E-state index contributed by atoms with van der Waals surface area (Å²) in [6.45, 7) is 4.20. The summed E-state index contributed by atoms with van der Waals surface area (Å²) < 4.78 is 19.1. The topological polar surface area (TPSA) is 33.4 Å². The molecule has 0 fully saturated rings. The Labute approximate surface area is 113 Å². The van der Waals surface area contributed by atoms with Crippen LogP contribution in [-0.2, 0) is 0 Å². The summed E-state index contributed by atoms with van der Waals surface area (Å²) in [4.78, 5) is 0. The highest BCUT2D eigenvalue weighted by Gasteiger charge is 2.23. The summed E-state index contributed by atoms with van der Waals surface area (Å²) in [6, 6.07) is 6.57. The van der Waals surface area contributed by atoms with Crippen molar-refractivity contribution >= 4 is 11.0 Å². The maximum Gasteiger partial charge on any atom is 0.170 e. The molecule has 2 nitrogen and oxygen atoms in total. The van der Waals surface area contributed by atoms with Crippen LogP contribution in [0.4, 0.5) is 4.39 Å². The number of hydrogen-bond donors (Lipinski definition) is 1. The second kappa shape index (κ2) is 6.20. The highest BCUT2D eigenvalue weighted by molar-refractivity contribution is 5.78. The number of unbranched alkanes of at least 4 members (excludes halogenated alkanes) is 1. The number of fused-ring (bicyclic) bond motifs is 1. The van der Waals surface area contributed by atoms with Crippen molar-refractivity contribution in [2.75, 3.05) is 0 Å². The fraction of sp³-hybridized carbons (Fsp3) is 0.500. The molecular formula is C16H21FO2. The molecule has 3 heteroatoms. The van der Waals surface area contributed by atoms with Crippen molar-refractivity contribution in [1.29, 1.82) is 0 Å². The summed E-state index contributed by atoms with van der Waals surface area (Å²) in [5.41, 5.74) is 0.238. The van der Waals surface area contributed by atoms with Crippen molar-refractivity contribution in [1.82, 2.24) is 0 Å². The van der Waals surface area contributed by atoms with Crippen molar-refractivity contribution in [3.63, 3.8) is 0 Å².